The van der Waals surface area contributed by atoms with E-state index in [-0.39, 0.29) is 0 Å². The van der Waals surface area contributed by atoms with E-state index in [1.54, 1.807) is 38.1 Å². The number of hydrogen-bond donors (Lipinski definition) is 2. The number of halogens is 4. The van der Waals surface area contributed by atoms with Crippen molar-refractivity contribution in [2.45, 2.75) is 84.2 Å². The van der Waals surface area contributed by atoms with Crippen LogP contribution < -0.4 is 9.47 Å². The van der Waals surface area contributed by atoms with Crippen molar-refractivity contribution in [3.8, 4) is 11.5 Å². The van der Waals surface area contributed by atoms with Crippen LogP contribution in [0.5, 0.6) is 11.5 Å². The summed E-state index contributed by atoms with van der Waals surface area (Å²) in [5.41, 5.74) is 1.12. The average Bonchev–Trinajstić information content (AvgIpc) is 2.72. The fourth-order valence-corrected chi connectivity index (χ4v) is 4.73. The molecule has 8 heteroatoms. The fourth-order valence-electron chi connectivity index (χ4n) is 3.58. The van der Waals surface area contributed by atoms with Gasteiger partial charge in [0.1, 0.15) is 12.2 Å². The Hall–Kier alpha value is -0.880. The maximum Gasteiger partial charge on any atom is 0.157 e. The number of rotatable bonds is 10. The molecule has 2 aromatic carbocycles. The lowest BCUT2D eigenvalue weighted by molar-refractivity contribution is 0.0466. The number of aliphatic hydroxyl groups is 2. The largest absolute Gasteiger partial charge is 0.485 e. The van der Waals surface area contributed by atoms with Gasteiger partial charge in [-0.3, -0.25) is 0 Å². The topological polar surface area (TPSA) is 58.9 Å². The lowest BCUT2D eigenvalue weighted by Crippen LogP contribution is -2.29. The van der Waals surface area contributed by atoms with Gasteiger partial charge >= 0.3 is 0 Å². The third-order valence-corrected chi connectivity index (χ3v) is 6.98. The smallest absolute Gasteiger partial charge is 0.157 e. The molecule has 2 N–H and O–H groups in total. The second kappa shape index (κ2) is 11.7. The minimum Gasteiger partial charge on any atom is -0.485 e. The Morgan fingerprint density at radius 2 is 0.970 bits per heavy atom. The van der Waals surface area contributed by atoms with Gasteiger partial charge in [0.15, 0.2) is 11.5 Å². The highest BCUT2D eigenvalue weighted by atomic mass is 35.5. The van der Waals surface area contributed by atoms with E-state index in [1.165, 1.54) is 0 Å². The van der Waals surface area contributed by atoms with E-state index in [1.807, 2.05) is 27.7 Å². The summed E-state index contributed by atoms with van der Waals surface area (Å²) in [4.78, 5) is 0. The Kier molecular flexibility index (Phi) is 10.1. The third-order valence-electron chi connectivity index (χ3n) is 5.86. The fraction of sp³-hybridized carbons (Fsp3) is 0.520. The minimum absolute atomic E-state index is 0.342. The summed E-state index contributed by atoms with van der Waals surface area (Å²) in [6.45, 7) is 11.2. The van der Waals surface area contributed by atoms with Gasteiger partial charge in [0, 0.05) is 5.41 Å². The van der Waals surface area contributed by atoms with Gasteiger partial charge in [0.05, 0.1) is 32.3 Å². The first-order valence-corrected chi connectivity index (χ1v) is 12.5. The van der Waals surface area contributed by atoms with Crippen LogP contribution in [0.25, 0.3) is 0 Å². The molecule has 0 fully saturated rings. The Morgan fingerprint density at radius 1 is 0.697 bits per heavy atom. The number of benzene rings is 2. The minimum atomic E-state index is -0.663. The summed E-state index contributed by atoms with van der Waals surface area (Å²) in [5, 5.41) is 21.2. The number of aliphatic hydroxyl groups excluding tert-OH is 2. The monoisotopic (exact) mass is 536 g/mol. The highest BCUT2D eigenvalue weighted by Gasteiger charge is 2.29. The average molecular weight is 538 g/mol. The Morgan fingerprint density at radius 3 is 1.18 bits per heavy atom. The normalized spacial score (nSPS) is 15.6. The van der Waals surface area contributed by atoms with E-state index in [4.69, 9.17) is 55.9 Å². The molecule has 33 heavy (non-hydrogen) atoms. The van der Waals surface area contributed by atoms with Gasteiger partial charge in [-0.2, -0.15) is 0 Å². The van der Waals surface area contributed by atoms with Gasteiger partial charge in [0.25, 0.3) is 0 Å². The van der Waals surface area contributed by atoms with Crippen molar-refractivity contribution in [1.29, 1.82) is 0 Å². The van der Waals surface area contributed by atoms with Crippen LogP contribution in [0.15, 0.2) is 24.3 Å². The summed E-state index contributed by atoms with van der Waals surface area (Å²) >= 11 is 26.2. The van der Waals surface area contributed by atoms with Crippen molar-refractivity contribution in [2.24, 2.45) is 0 Å². The zero-order chi connectivity index (χ0) is 25.1. The van der Waals surface area contributed by atoms with Gasteiger partial charge < -0.3 is 19.7 Å². The first-order valence-electron chi connectivity index (χ1n) is 11.0. The summed E-state index contributed by atoms with van der Waals surface area (Å²) in [5.74, 6) is 0.684. The van der Waals surface area contributed by atoms with Crippen molar-refractivity contribution >= 4 is 46.4 Å². The number of hydrogen-bond acceptors (Lipinski definition) is 4. The molecule has 2 aromatic rings. The molecule has 4 atom stereocenters. The molecule has 4 nitrogen and oxygen atoms in total. The van der Waals surface area contributed by atoms with Crippen LogP contribution in [0.3, 0.4) is 0 Å². The van der Waals surface area contributed by atoms with Crippen LogP contribution in [-0.4, -0.2) is 34.6 Å². The molecule has 184 valence electrons. The SMILES string of the molecule is CCC(Oc1c(Cl)cc(C(C)(C)c2cc(Cl)c(OC(CC)C(C)O)c(Cl)c2)cc1Cl)C(C)O. The van der Waals surface area contributed by atoms with Crippen molar-refractivity contribution in [2.75, 3.05) is 0 Å². The predicted molar refractivity (Wildman–Crippen MR) is 138 cm³/mol. The number of ether oxygens (including phenoxy) is 2. The molecular formula is C25H32Cl4O4. The molecule has 0 saturated carbocycles. The Bertz CT molecular complexity index is 838. The first-order chi connectivity index (χ1) is 15.3. The molecule has 0 amide bonds. The van der Waals surface area contributed by atoms with Crippen molar-refractivity contribution < 1.29 is 19.7 Å². The molecule has 0 heterocycles. The van der Waals surface area contributed by atoms with Gasteiger partial charge in [-0.1, -0.05) is 74.1 Å². The van der Waals surface area contributed by atoms with Crippen molar-refractivity contribution in [3.63, 3.8) is 0 Å². The molecule has 0 saturated heterocycles. The molecule has 0 radical (unpaired) electrons. The quantitative estimate of drug-likeness (QED) is 0.326. The maximum atomic E-state index is 9.90. The molecule has 2 rings (SSSR count). The predicted octanol–water partition coefficient (Wildman–Crippen LogP) is 7.70. The molecule has 0 aliphatic heterocycles. The van der Waals surface area contributed by atoms with Crippen LogP contribution in [0.1, 0.15) is 65.5 Å². The van der Waals surface area contributed by atoms with E-state index < -0.39 is 29.8 Å². The molecule has 0 aromatic heterocycles. The summed E-state index contributed by atoms with van der Waals surface area (Å²) in [6, 6.07) is 7.18. The highest BCUT2D eigenvalue weighted by Crippen LogP contribution is 2.44. The second-order valence-corrected chi connectivity index (χ2v) is 10.4. The third kappa shape index (κ3) is 6.62. The molecule has 0 bridgehead atoms. The zero-order valence-corrected chi connectivity index (χ0v) is 22.8. The Balaban J connectivity index is 2.43. The highest BCUT2D eigenvalue weighted by molar-refractivity contribution is 6.38. The second-order valence-electron chi connectivity index (χ2n) is 8.77. The van der Waals surface area contributed by atoms with E-state index in [0.717, 1.165) is 11.1 Å². The standard InChI is InChI=1S/C25H32Cl4O4/c1-7-21(13(3)30)32-23-17(26)9-15(10-18(23)27)25(5,6)16-11-19(28)24(20(29)12-16)33-22(8-2)14(4)31/h9-14,21-22,30-31H,7-8H2,1-6H3. The molecule has 4 unspecified atom stereocenters. The summed E-state index contributed by atoms with van der Waals surface area (Å²) < 4.78 is 11.8. The molecule has 0 aliphatic carbocycles. The van der Waals surface area contributed by atoms with Gasteiger partial charge in [-0.15, -0.1) is 0 Å². The molecule has 0 aliphatic rings. The van der Waals surface area contributed by atoms with Crippen LogP contribution in [0.4, 0.5) is 0 Å². The van der Waals surface area contributed by atoms with E-state index in [2.05, 4.69) is 0 Å². The van der Waals surface area contributed by atoms with Gasteiger partial charge in [-0.05, 0) is 62.1 Å². The van der Waals surface area contributed by atoms with E-state index in [9.17, 15) is 10.2 Å². The lowest BCUT2D eigenvalue weighted by atomic mass is 9.78. The van der Waals surface area contributed by atoms with Crippen LogP contribution >= 0.6 is 46.4 Å². The van der Waals surface area contributed by atoms with Crippen LogP contribution in [0.2, 0.25) is 20.1 Å². The first kappa shape index (κ1) is 28.4. The van der Waals surface area contributed by atoms with Crippen molar-refractivity contribution in [1.82, 2.24) is 0 Å². The van der Waals surface area contributed by atoms with E-state index in [0.29, 0.717) is 44.4 Å². The lowest BCUT2D eigenvalue weighted by Gasteiger charge is -2.29. The zero-order valence-electron chi connectivity index (χ0n) is 19.8. The van der Waals surface area contributed by atoms with Crippen LogP contribution in [-0.2, 0) is 5.41 Å². The van der Waals surface area contributed by atoms with Crippen LogP contribution in [0, 0.1) is 0 Å². The van der Waals surface area contributed by atoms with Gasteiger partial charge in [-0.25, -0.2) is 0 Å². The Labute approximate surface area is 216 Å². The van der Waals surface area contributed by atoms with Crippen molar-refractivity contribution in [3.05, 3.63) is 55.5 Å². The summed E-state index contributed by atoms with van der Waals surface area (Å²) in [6.07, 6.45) is -0.947. The molecular weight excluding hydrogens is 506 g/mol. The maximum absolute atomic E-state index is 9.90. The van der Waals surface area contributed by atoms with Gasteiger partial charge in [0.2, 0.25) is 0 Å². The summed E-state index contributed by atoms with van der Waals surface area (Å²) in [7, 11) is 0. The molecule has 0 spiro atoms. The van der Waals surface area contributed by atoms with E-state index >= 15 is 0 Å².